The Labute approximate surface area is 109 Å². The number of anilines is 1. The van der Waals surface area contributed by atoms with E-state index in [1.165, 1.54) is 5.69 Å². The summed E-state index contributed by atoms with van der Waals surface area (Å²) >= 11 is 0. The third-order valence-corrected chi connectivity index (χ3v) is 3.26. The summed E-state index contributed by atoms with van der Waals surface area (Å²) in [4.78, 5) is 4.43. The summed E-state index contributed by atoms with van der Waals surface area (Å²) in [5.41, 5.74) is 2.37. The average Bonchev–Trinajstić information content (AvgIpc) is 2.38. The van der Waals surface area contributed by atoms with Gasteiger partial charge in [-0.3, -0.25) is 5.01 Å². The summed E-state index contributed by atoms with van der Waals surface area (Å²) in [6.07, 6.45) is 1.95. The maximum absolute atomic E-state index is 4.53. The van der Waals surface area contributed by atoms with Crippen LogP contribution in [0.3, 0.4) is 0 Å². The first-order valence-electron chi connectivity index (χ1n) is 6.40. The van der Waals surface area contributed by atoms with Gasteiger partial charge in [0.25, 0.3) is 0 Å². The molecule has 4 nitrogen and oxygen atoms in total. The lowest BCUT2D eigenvalue weighted by atomic mass is 10.2. The summed E-state index contributed by atoms with van der Waals surface area (Å²) in [6.45, 7) is 4.22. The zero-order valence-electron chi connectivity index (χ0n) is 11.5. The monoisotopic (exact) mass is 246 g/mol. The van der Waals surface area contributed by atoms with Gasteiger partial charge in [-0.2, -0.15) is 5.10 Å². The Morgan fingerprint density at radius 3 is 2.22 bits per heavy atom. The van der Waals surface area contributed by atoms with E-state index in [4.69, 9.17) is 0 Å². The Balaban J connectivity index is 1.92. The molecule has 2 rings (SSSR count). The molecule has 0 aliphatic carbocycles. The maximum atomic E-state index is 4.53. The minimum absolute atomic E-state index is 1.02. The van der Waals surface area contributed by atoms with Gasteiger partial charge in [-0.1, -0.05) is 12.1 Å². The van der Waals surface area contributed by atoms with Gasteiger partial charge in [0.05, 0.1) is 6.21 Å². The van der Waals surface area contributed by atoms with Crippen LogP contribution in [0, 0.1) is 0 Å². The van der Waals surface area contributed by atoms with Crippen LogP contribution >= 0.6 is 0 Å². The van der Waals surface area contributed by atoms with Crippen molar-refractivity contribution in [3.05, 3.63) is 29.8 Å². The molecule has 1 aromatic carbocycles. The molecule has 0 radical (unpaired) electrons. The third-order valence-electron chi connectivity index (χ3n) is 3.26. The summed E-state index contributed by atoms with van der Waals surface area (Å²) < 4.78 is 0. The van der Waals surface area contributed by atoms with E-state index in [0.717, 1.165) is 31.7 Å². The number of nitrogens with zero attached hydrogens (tertiary/aromatic N) is 4. The Kier molecular flexibility index (Phi) is 4.20. The van der Waals surface area contributed by atoms with Gasteiger partial charge in [0.2, 0.25) is 0 Å². The highest BCUT2D eigenvalue weighted by molar-refractivity contribution is 5.80. The molecule has 0 bridgehead atoms. The fraction of sp³-hybridized carbons (Fsp3) is 0.500. The van der Waals surface area contributed by atoms with Crippen LogP contribution in [0.2, 0.25) is 0 Å². The molecule has 4 heteroatoms. The van der Waals surface area contributed by atoms with Crippen molar-refractivity contribution in [2.45, 2.75) is 0 Å². The second-order valence-corrected chi connectivity index (χ2v) is 4.99. The van der Waals surface area contributed by atoms with E-state index in [1.807, 2.05) is 20.3 Å². The van der Waals surface area contributed by atoms with E-state index in [1.54, 1.807) is 0 Å². The zero-order valence-corrected chi connectivity index (χ0v) is 11.5. The second-order valence-electron chi connectivity index (χ2n) is 4.99. The molecule has 0 spiro atoms. The van der Waals surface area contributed by atoms with Crippen molar-refractivity contribution in [2.24, 2.45) is 5.10 Å². The van der Waals surface area contributed by atoms with Crippen molar-refractivity contribution >= 4 is 11.9 Å². The van der Waals surface area contributed by atoms with Crippen LogP contribution in [-0.4, -0.2) is 63.4 Å². The summed E-state index contributed by atoms with van der Waals surface area (Å²) in [5, 5.41) is 6.67. The molecule has 0 saturated carbocycles. The molecule has 1 heterocycles. The van der Waals surface area contributed by atoms with Gasteiger partial charge in [-0.15, -0.1) is 0 Å². The molecule has 1 saturated heterocycles. The standard InChI is InChI=1S/C14H22N4/c1-16(2)14-6-4-13(5-7-14)12-15-18-10-8-17(3)9-11-18/h4-7,12H,8-11H2,1-3H3. The third kappa shape index (κ3) is 3.47. The molecular weight excluding hydrogens is 224 g/mol. The van der Waals surface area contributed by atoms with Crippen molar-refractivity contribution in [1.29, 1.82) is 0 Å². The van der Waals surface area contributed by atoms with Crippen molar-refractivity contribution in [2.75, 3.05) is 52.2 Å². The first-order valence-corrected chi connectivity index (χ1v) is 6.40. The molecule has 0 amide bonds. The van der Waals surface area contributed by atoms with Gasteiger partial charge in [-0.25, -0.2) is 0 Å². The lowest BCUT2D eigenvalue weighted by molar-refractivity contribution is 0.159. The lowest BCUT2D eigenvalue weighted by Gasteiger charge is -2.30. The number of benzene rings is 1. The predicted molar refractivity (Wildman–Crippen MR) is 77.4 cm³/mol. The van der Waals surface area contributed by atoms with Crippen molar-refractivity contribution in [3.63, 3.8) is 0 Å². The van der Waals surface area contributed by atoms with Gasteiger partial charge in [0, 0.05) is 46.0 Å². The minimum atomic E-state index is 1.02. The van der Waals surface area contributed by atoms with Crippen LogP contribution in [0.4, 0.5) is 5.69 Å². The normalized spacial score (nSPS) is 17.4. The number of hydrogen-bond donors (Lipinski definition) is 0. The molecule has 1 aliphatic rings. The van der Waals surface area contributed by atoms with Crippen LogP contribution in [0.25, 0.3) is 0 Å². The van der Waals surface area contributed by atoms with E-state index in [9.17, 15) is 0 Å². The summed E-state index contributed by atoms with van der Waals surface area (Å²) in [6, 6.07) is 8.44. The van der Waals surface area contributed by atoms with E-state index in [2.05, 4.69) is 51.2 Å². The number of hydrogen-bond acceptors (Lipinski definition) is 4. The lowest BCUT2D eigenvalue weighted by Crippen LogP contribution is -2.41. The fourth-order valence-corrected chi connectivity index (χ4v) is 1.92. The molecule has 98 valence electrons. The SMILES string of the molecule is CN1CCN(N=Cc2ccc(N(C)C)cc2)CC1. The second kappa shape index (κ2) is 5.87. The maximum Gasteiger partial charge on any atom is 0.0542 e. The minimum Gasteiger partial charge on any atom is -0.378 e. The Morgan fingerprint density at radius 2 is 1.67 bits per heavy atom. The largest absolute Gasteiger partial charge is 0.378 e. The molecule has 1 aliphatic heterocycles. The highest BCUT2D eigenvalue weighted by atomic mass is 15.5. The highest BCUT2D eigenvalue weighted by Crippen LogP contribution is 2.11. The molecule has 0 aromatic heterocycles. The zero-order chi connectivity index (χ0) is 13.0. The van der Waals surface area contributed by atoms with Crippen molar-refractivity contribution < 1.29 is 0 Å². The van der Waals surface area contributed by atoms with Crippen LogP contribution in [-0.2, 0) is 0 Å². The van der Waals surface area contributed by atoms with E-state index in [-0.39, 0.29) is 0 Å². The van der Waals surface area contributed by atoms with Crippen molar-refractivity contribution in [1.82, 2.24) is 9.91 Å². The molecular formula is C14H22N4. The molecule has 1 fully saturated rings. The average molecular weight is 246 g/mol. The van der Waals surface area contributed by atoms with E-state index < -0.39 is 0 Å². The highest BCUT2D eigenvalue weighted by Gasteiger charge is 2.10. The van der Waals surface area contributed by atoms with Crippen LogP contribution in [0.15, 0.2) is 29.4 Å². The molecule has 0 N–H and O–H groups in total. The van der Waals surface area contributed by atoms with Crippen molar-refractivity contribution in [3.8, 4) is 0 Å². The van der Waals surface area contributed by atoms with Gasteiger partial charge < -0.3 is 9.80 Å². The number of likely N-dealkylation sites (N-methyl/N-ethyl adjacent to an activating group) is 1. The first kappa shape index (κ1) is 12.9. The number of piperazine rings is 1. The van der Waals surface area contributed by atoms with E-state index in [0.29, 0.717) is 0 Å². The predicted octanol–water partition coefficient (Wildman–Crippen LogP) is 1.33. The Hall–Kier alpha value is -1.55. The molecule has 1 aromatic rings. The first-order chi connectivity index (χ1) is 8.65. The molecule has 0 atom stereocenters. The fourth-order valence-electron chi connectivity index (χ4n) is 1.92. The Morgan fingerprint density at radius 1 is 1.06 bits per heavy atom. The number of hydrazone groups is 1. The topological polar surface area (TPSA) is 22.1 Å². The van der Waals surface area contributed by atoms with Gasteiger partial charge in [0.15, 0.2) is 0 Å². The molecule has 18 heavy (non-hydrogen) atoms. The van der Waals surface area contributed by atoms with E-state index >= 15 is 0 Å². The quantitative estimate of drug-likeness (QED) is 0.751. The van der Waals surface area contributed by atoms with Crippen LogP contribution in [0.5, 0.6) is 0 Å². The van der Waals surface area contributed by atoms with Gasteiger partial charge in [-0.05, 0) is 24.7 Å². The summed E-state index contributed by atoms with van der Waals surface area (Å²) in [5.74, 6) is 0. The number of rotatable bonds is 3. The van der Waals surface area contributed by atoms with Crippen LogP contribution < -0.4 is 4.90 Å². The smallest absolute Gasteiger partial charge is 0.0542 e. The summed E-state index contributed by atoms with van der Waals surface area (Å²) in [7, 11) is 6.25. The Bertz CT molecular complexity index is 389. The van der Waals surface area contributed by atoms with Gasteiger partial charge in [0.1, 0.15) is 0 Å². The molecule has 0 unspecified atom stereocenters. The van der Waals surface area contributed by atoms with Crippen LogP contribution in [0.1, 0.15) is 5.56 Å². The van der Waals surface area contributed by atoms with Gasteiger partial charge >= 0.3 is 0 Å².